The average Bonchev–Trinajstić information content (AvgIpc) is 2.76. The third-order valence-corrected chi connectivity index (χ3v) is 2.57. The quantitative estimate of drug-likeness (QED) is 0.882. The first-order valence-corrected chi connectivity index (χ1v) is 5.52. The first kappa shape index (κ1) is 11.4. The number of benzene rings is 1. The number of aromatic nitrogens is 1. The number of carbonyl (C=O) groups excluding carboxylic acids is 1. The maximum absolute atomic E-state index is 11.8. The van der Waals surface area contributed by atoms with Crippen LogP contribution in [0, 0.1) is 6.92 Å². The van der Waals surface area contributed by atoms with Gasteiger partial charge in [-0.1, -0.05) is 24.2 Å². The number of rotatable bonds is 3. The highest BCUT2D eigenvalue weighted by atomic mass is 16.5. The van der Waals surface area contributed by atoms with Gasteiger partial charge >= 0.3 is 0 Å². The van der Waals surface area contributed by atoms with Crippen LogP contribution in [0.1, 0.15) is 28.6 Å². The SMILES string of the molecule is CCc1ccc(NC(=O)c2oncc2C)cc1. The summed E-state index contributed by atoms with van der Waals surface area (Å²) in [6, 6.07) is 7.73. The molecule has 0 aliphatic heterocycles. The molecule has 88 valence electrons. The molecule has 1 amide bonds. The minimum atomic E-state index is -0.274. The van der Waals surface area contributed by atoms with Crippen molar-refractivity contribution in [2.45, 2.75) is 20.3 Å². The van der Waals surface area contributed by atoms with Gasteiger partial charge in [-0.3, -0.25) is 4.79 Å². The van der Waals surface area contributed by atoms with Crippen molar-refractivity contribution in [3.63, 3.8) is 0 Å². The van der Waals surface area contributed by atoms with E-state index in [1.54, 1.807) is 6.92 Å². The summed E-state index contributed by atoms with van der Waals surface area (Å²) in [6.07, 6.45) is 2.50. The number of anilines is 1. The fraction of sp³-hybridized carbons (Fsp3) is 0.231. The van der Waals surface area contributed by atoms with E-state index in [0.717, 1.165) is 17.7 Å². The second kappa shape index (κ2) is 4.82. The van der Waals surface area contributed by atoms with Gasteiger partial charge in [-0.15, -0.1) is 0 Å². The number of carbonyl (C=O) groups is 1. The molecule has 0 atom stereocenters. The van der Waals surface area contributed by atoms with Crippen molar-refractivity contribution in [3.05, 3.63) is 47.3 Å². The predicted octanol–water partition coefficient (Wildman–Crippen LogP) is 2.80. The van der Waals surface area contributed by atoms with Gasteiger partial charge in [0.05, 0.1) is 6.20 Å². The second-order valence-corrected chi connectivity index (χ2v) is 3.84. The largest absolute Gasteiger partial charge is 0.351 e. The standard InChI is InChI=1S/C13H14N2O2/c1-3-10-4-6-11(7-5-10)15-13(16)12-9(2)8-14-17-12/h4-8H,3H2,1-2H3,(H,15,16). The average molecular weight is 230 g/mol. The van der Waals surface area contributed by atoms with Crippen LogP contribution < -0.4 is 5.32 Å². The molecule has 0 radical (unpaired) electrons. The lowest BCUT2D eigenvalue weighted by Crippen LogP contribution is -2.12. The van der Waals surface area contributed by atoms with Crippen LogP contribution in [0.15, 0.2) is 35.0 Å². The fourth-order valence-electron chi connectivity index (χ4n) is 1.52. The Morgan fingerprint density at radius 3 is 2.59 bits per heavy atom. The van der Waals surface area contributed by atoms with Crippen LogP contribution in [0.2, 0.25) is 0 Å². The maximum atomic E-state index is 11.8. The fourth-order valence-corrected chi connectivity index (χ4v) is 1.52. The van der Waals surface area contributed by atoms with E-state index >= 15 is 0 Å². The first-order valence-electron chi connectivity index (χ1n) is 5.52. The predicted molar refractivity (Wildman–Crippen MR) is 65.0 cm³/mol. The Morgan fingerprint density at radius 1 is 1.35 bits per heavy atom. The van der Waals surface area contributed by atoms with E-state index in [0.29, 0.717) is 0 Å². The Labute approximate surface area is 99.6 Å². The zero-order valence-electron chi connectivity index (χ0n) is 9.86. The highest BCUT2D eigenvalue weighted by molar-refractivity contribution is 6.03. The number of aryl methyl sites for hydroxylation is 2. The lowest BCUT2D eigenvalue weighted by molar-refractivity contribution is 0.0987. The highest BCUT2D eigenvalue weighted by Gasteiger charge is 2.13. The summed E-state index contributed by atoms with van der Waals surface area (Å²) in [7, 11) is 0. The Balaban J connectivity index is 2.10. The molecule has 4 heteroatoms. The van der Waals surface area contributed by atoms with Crippen molar-refractivity contribution in [2.75, 3.05) is 5.32 Å². The molecule has 0 unspecified atom stereocenters. The van der Waals surface area contributed by atoms with Crippen LogP contribution in [0.3, 0.4) is 0 Å². The minimum absolute atomic E-state index is 0.254. The molecule has 1 N–H and O–H groups in total. The molecule has 0 spiro atoms. The molecule has 1 aromatic carbocycles. The summed E-state index contributed by atoms with van der Waals surface area (Å²) >= 11 is 0. The summed E-state index contributed by atoms with van der Waals surface area (Å²) in [5, 5.41) is 6.34. The lowest BCUT2D eigenvalue weighted by atomic mass is 10.1. The van der Waals surface area contributed by atoms with Gasteiger partial charge in [-0.2, -0.15) is 0 Å². The summed E-state index contributed by atoms with van der Waals surface area (Å²) in [5.74, 6) is -0.0196. The van der Waals surface area contributed by atoms with Gasteiger partial charge in [0, 0.05) is 11.3 Å². The van der Waals surface area contributed by atoms with Crippen molar-refractivity contribution in [1.82, 2.24) is 5.16 Å². The Morgan fingerprint density at radius 2 is 2.06 bits per heavy atom. The van der Waals surface area contributed by atoms with Gasteiger partial charge in [0.15, 0.2) is 0 Å². The van der Waals surface area contributed by atoms with E-state index in [-0.39, 0.29) is 11.7 Å². The number of nitrogens with one attached hydrogen (secondary N) is 1. The van der Waals surface area contributed by atoms with Gasteiger partial charge in [0.1, 0.15) is 0 Å². The smallest absolute Gasteiger partial charge is 0.294 e. The molecule has 1 heterocycles. The third-order valence-electron chi connectivity index (χ3n) is 2.57. The van der Waals surface area contributed by atoms with Crippen LogP contribution in [0.5, 0.6) is 0 Å². The molecule has 0 aliphatic carbocycles. The maximum Gasteiger partial charge on any atom is 0.294 e. The molecule has 4 nitrogen and oxygen atoms in total. The summed E-state index contributed by atoms with van der Waals surface area (Å²) in [5.41, 5.74) is 2.72. The van der Waals surface area contributed by atoms with E-state index in [1.165, 1.54) is 11.8 Å². The minimum Gasteiger partial charge on any atom is -0.351 e. The van der Waals surface area contributed by atoms with E-state index in [1.807, 2.05) is 24.3 Å². The van der Waals surface area contributed by atoms with Gasteiger partial charge in [-0.25, -0.2) is 0 Å². The Bertz CT molecular complexity index is 514. The lowest BCUT2D eigenvalue weighted by Gasteiger charge is -2.04. The molecule has 17 heavy (non-hydrogen) atoms. The van der Waals surface area contributed by atoms with E-state index in [2.05, 4.69) is 17.4 Å². The Hall–Kier alpha value is -2.10. The van der Waals surface area contributed by atoms with Gasteiger partial charge in [-0.05, 0) is 31.0 Å². The van der Waals surface area contributed by atoms with Crippen molar-refractivity contribution in [3.8, 4) is 0 Å². The monoisotopic (exact) mass is 230 g/mol. The molecular weight excluding hydrogens is 216 g/mol. The number of amides is 1. The second-order valence-electron chi connectivity index (χ2n) is 3.84. The summed E-state index contributed by atoms with van der Waals surface area (Å²) in [6.45, 7) is 3.87. The van der Waals surface area contributed by atoms with E-state index < -0.39 is 0 Å². The highest BCUT2D eigenvalue weighted by Crippen LogP contribution is 2.13. The Kier molecular flexibility index (Phi) is 3.23. The topological polar surface area (TPSA) is 55.1 Å². The first-order chi connectivity index (χ1) is 8.20. The van der Waals surface area contributed by atoms with Crippen molar-refractivity contribution in [2.24, 2.45) is 0 Å². The van der Waals surface area contributed by atoms with Gasteiger partial charge < -0.3 is 9.84 Å². The number of hydrogen-bond acceptors (Lipinski definition) is 3. The van der Waals surface area contributed by atoms with Crippen LogP contribution in [0.25, 0.3) is 0 Å². The van der Waals surface area contributed by atoms with Crippen molar-refractivity contribution >= 4 is 11.6 Å². The van der Waals surface area contributed by atoms with Crippen molar-refractivity contribution in [1.29, 1.82) is 0 Å². The molecule has 0 aliphatic rings. The zero-order valence-corrected chi connectivity index (χ0v) is 9.86. The summed E-state index contributed by atoms with van der Waals surface area (Å²) in [4.78, 5) is 11.8. The van der Waals surface area contributed by atoms with Crippen molar-refractivity contribution < 1.29 is 9.32 Å². The summed E-state index contributed by atoms with van der Waals surface area (Å²) < 4.78 is 4.88. The molecule has 0 saturated heterocycles. The van der Waals surface area contributed by atoms with Crippen LogP contribution in [0.4, 0.5) is 5.69 Å². The molecule has 0 bridgehead atoms. The van der Waals surface area contributed by atoms with Crippen LogP contribution in [-0.4, -0.2) is 11.1 Å². The molecular formula is C13H14N2O2. The molecule has 2 rings (SSSR count). The molecule has 2 aromatic rings. The van der Waals surface area contributed by atoms with E-state index in [4.69, 9.17) is 4.52 Å². The molecule has 0 saturated carbocycles. The van der Waals surface area contributed by atoms with E-state index in [9.17, 15) is 4.79 Å². The number of nitrogens with zero attached hydrogens (tertiary/aromatic N) is 1. The molecule has 1 aromatic heterocycles. The van der Waals surface area contributed by atoms with Gasteiger partial charge in [0.2, 0.25) is 5.76 Å². The zero-order chi connectivity index (χ0) is 12.3. The van der Waals surface area contributed by atoms with Crippen LogP contribution in [-0.2, 0) is 6.42 Å². The van der Waals surface area contributed by atoms with Gasteiger partial charge in [0.25, 0.3) is 5.91 Å². The number of hydrogen-bond donors (Lipinski definition) is 1. The molecule has 0 fully saturated rings. The normalized spacial score (nSPS) is 10.2. The van der Waals surface area contributed by atoms with Crippen LogP contribution >= 0.6 is 0 Å². The third kappa shape index (κ3) is 2.53.